The van der Waals surface area contributed by atoms with Crippen LogP contribution in [0.3, 0.4) is 0 Å². The lowest BCUT2D eigenvalue weighted by molar-refractivity contribution is -0.0884. The average Bonchev–Trinajstić information content (AvgIpc) is 2.78. The van der Waals surface area contributed by atoms with Crippen LogP contribution in [-0.4, -0.2) is 58.9 Å². The number of Topliss-reactive ketones (excluding diaryl/α,β-unsaturated/α-hetero) is 1. The zero-order chi connectivity index (χ0) is 22.4. The molecule has 1 saturated heterocycles. The molecule has 2 aromatic carbocycles. The van der Waals surface area contributed by atoms with Crippen LogP contribution in [0.25, 0.3) is 0 Å². The van der Waals surface area contributed by atoms with Gasteiger partial charge in [-0.25, -0.2) is 0 Å². The number of hydrogen-bond donors (Lipinski definition) is 2. The molecule has 0 unspecified atom stereocenters. The molecule has 168 valence electrons. The Balaban J connectivity index is 1.81. The van der Waals surface area contributed by atoms with E-state index in [1.165, 1.54) is 6.07 Å². The van der Waals surface area contributed by atoms with Gasteiger partial charge in [0.2, 0.25) is 0 Å². The minimum Gasteiger partial charge on any atom is -0.497 e. The largest absolute Gasteiger partial charge is 0.497 e. The van der Waals surface area contributed by atoms with Gasteiger partial charge in [-0.05, 0) is 42.3 Å². The lowest BCUT2D eigenvalue weighted by Crippen LogP contribution is -2.43. The second-order valence-corrected chi connectivity index (χ2v) is 7.19. The van der Waals surface area contributed by atoms with E-state index in [4.69, 9.17) is 9.47 Å². The van der Waals surface area contributed by atoms with Crippen LogP contribution in [-0.2, 0) is 6.42 Å². The van der Waals surface area contributed by atoms with E-state index in [1.54, 1.807) is 32.4 Å². The Labute approximate surface area is 179 Å². The van der Waals surface area contributed by atoms with E-state index < -0.39 is 12.0 Å². The van der Waals surface area contributed by atoms with Crippen molar-refractivity contribution in [2.75, 3.05) is 57.2 Å². The molecule has 0 atom stereocenters. The minimum absolute atomic E-state index is 0.174. The maximum atomic E-state index is 13.1. The van der Waals surface area contributed by atoms with Gasteiger partial charge in [0.1, 0.15) is 11.5 Å². The molecular weight excluding hydrogens is 411 g/mol. The quantitative estimate of drug-likeness (QED) is 0.617. The second kappa shape index (κ2) is 9.91. The van der Waals surface area contributed by atoms with Crippen molar-refractivity contribution in [1.29, 1.82) is 0 Å². The first-order valence-corrected chi connectivity index (χ1v) is 9.99. The lowest BCUT2D eigenvalue weighted by Gasteiger charge is -2.30. The van der Waals surface area contributed by atoms with Crippen LogP contribution in [0.1, 0.15) is 15.9 Å². The summed E-state index contributed by atoms with van der Waals surface area (Å²) >= 11 is 0. The van der Waals surface area contributed by atoms with Crippen molar-refractivity contribution in [1.82, 2.24) is 5.32 Å². The molecule has 3 rings (SSSR count). The lowest BCUT2D eigenvalue weighted by atomic mass is 10.1. The number of rotatable bonds is 8. The van der Waals surface area contributed by atoms with E-state index in [2.05, 4.69) is 15.5 Å². The summed E-state index contributed by atoms with van der Waals surface area (Å²) in [5, 5.41) is 6.26. The molecule has 2 aromatic rings. The van der Waals surface area contributed by atoms with Gasteiger partial charge in [-0.3, -0.25) is 4.79 Å². The third-order valence-corrected chi connectivity index (χ3v) is 5.13. The van der Waals surface area contributed by atoms with Crippen LogP contribution >= 0.6 is 0 Å². The van der Waals surface area contributed by atoms with Gasteiger partial charge in [0, 0.05) is 50.2 Å². The number of nitrogens with one attached hydrogen (secondary N) is 2. The molecule has 1 aliphatic rings. The normalized spacial score (nSPS) is 14.3. The van der Waals surface area contributed by atoms with Crippen molar-refractivity contribution in [2.45, 2.75) is 12.6 Å². The molecule has 31 heavy (non-hydrogen) atoms. The van der Waals surface area contributed by atoms with Crippen molar-refractivity contribution >= 4 is 17.2 Å². The summed E-state index contributed by atoms with van der Waals surface area (Å²) in [6, 6.07) is 9.86. The maximum Gasteiger partial charge on any atom is 0.454 e. The number of carbonyl (C=O) groups is 1. The Morgan fingerprint density at radius 2 is 1.71 bits per heavy atom. The van der Waals surface area contributed by atoms with Crippen molar-refractivity contribution in [3.63, 3.8) is 0 Å². The van der Waals surface area contributed by atoms with Crippen LogP contribution in [0.5, 0.6) is 11.5 Å². The highest BCUT2D eigenvalue weighted by Crippen LogP contribution is 2.30. The van der Waals surface area contributed by atoms with Gasteiger partial charge in [0.25, 0.3) is 5.78 Å². The number of alkyl halides is 3. The first-order chi connectivity index (χ1) is 14.8. The Morgan fingerprint density at radius 1 is 1.06 bits per heavy atom. The van der Waals surface area contributed by atoms with Gasteiger partial charge in [0.05, 0.1) is 19.8 Å². The molecule has 0 aromatic heterocycles. The monoisotopic (exact) mass is 437 g/mol. The minimum atomic E-state index is -4.94. The molecule has 1 heterocycles. The summed E-state index contributed by atoms with van der Waals surface area (Å²) in [6.07, 6.45) is -4.43. The first-order valence-electron chi connectivity index (χ1n) is 9.99. The number of methoxy groups -OCH3 is 2. The summed E-state index contributed by atoms with van der Waals surface area (Å²) in [5.41, 5.74) is 1.47. The Hall–Kier alpha value is -2.94. The van der Waals surface area contributed by atoms with Crippen molar-refractivity contribution in [3.05, 3.63) is 47.5 Å². The fourth-order valence-electron chi connectivity index (χ4n) is 3.50. The summed E-state index contributed by atoms with van der Waals surface area (Å²) in [4.78, 5) is 14.0. The first kappa shape index (κ1) is 22.7. The number of ether oxygens (including phenoxy) is 2. The zero-order valence-electron chi connectivity index (χ0n) is 17.5. The molecule has 9 heteroatoms. The molecule has 0 radical (unpaired) electrons. The molecular formula is C22H26F3N3O3. The Morgan fingerprint density at radius 3 is 2.29 bits per heavy atom. The SMILES string of the molecule is COc1cc(CCNc2cc(N3CCNCC3)ccc2C(=O)C(F)(F)F)cc(OC)c1. The van der Waals surface area contributed by atoms with Crippen LogP contribution in [0.15, 0.2) is 36.4 Å². The average molecular weight is 437 g/mol. The van der Waals surface area contributed by atoms with Gasteiger partial charge >= 0.3 is 6.18 Å². The second-order valence-electron chi connectivity index (χ2n) is 7.19. The molecule has 0 aliphatic carbocycles. The fraction of sp³-hybridized carbons (Fsp3) is 0.409. The van der Waals surface area contributed by atoms with Crippen molar-refractivity contribution in [3.8, 4) is 11.5 Å². The van der Waals surface area contributed by atoms with Gasteiger partial charge in [0.15, 0.2) is 0 Å². The molecule has 6 nitrogen and oxygen atoms in total. The van der Waals surface area contributed by atoms with Crippen LogP contribution < -0.4 is 25.0 Å². The highest BCUT2D eigenvalue weighted by atomic mass is 19.4. The molecule has 0 spiro atoms. The number of ketones is 1. The van der Waals surface area contributed by atoms with Gasteiger partial charge in [-0.1, -0.05) is 0 Å². The smallest absolute Gasteiger partial charge is 0.454 e. The number of anilines is 2. The number of nitrogens with zero attached hydrogens (tertiary/aromatic N) is 1. The zero-order valence-corrected chi connectivity index (χ0v) is 17.5. The molecule has 0 saturated carbocycles. The summed E-state index contributed by atoms with van der Waals surface area (Å²) in [7, 11) is 3.10. The summed E-state index contributed by atoms with van der Waals surface area (Å²) in [5.74, 6) is -0.601. The number of halogens is 3. The number of carbonyl (C=O) groups excluding carboxylic acids is 1. The van der Waals surface area contributed by atoms with Crippen LogP contribution in [0.2, 0.25) is 0 Å². The Bertz CT molecular complexity index is 890. The van der Waals surface area contributed by atoms with E-state index in [0.29, 0.717) is 24.5 Å². The number of hydrogen-bond acceptors (Lipinski definition) is 6. The highest BCUT2D eigenvalue weighted by Gasteiger charge is 2.40. The number of benzene rings is 2. The van der Waals surface area contributed by atoms with E-state index in [9.17, 15) is 18.0 Å². The fourth-order valence-corrected chi connectivity index (χ4v) is 3.50. The third kappa shape index (κ3) is 5.81. The summed E-state index contributed by atoms with van der Waals surface area (Å²) < 4.78 is 49.8. The van der Waals surface area contributed by atoms with E-state index in [-0.39, 0.29) is 11.3 Å². The standard InChI is InChI=1S/C22H26F3N3O3/c1-30-17-11-15(12-18(14-17)31-2)5-6-27-20-13-16(28-9-7-26-8-10-28)3-4-19(20)21(29)22(23,24)25/h3-4,11-14,26-27H,5-10H2,1-2H3. The molecule has 0 bridgehead atoms. The molecule has 1 fully saturated rings. The van der Waals surface area contributed by atoms with Gasteiger partial charge in [-0.15, -0.1) is 0 Å². The Kier molecular flexibility index (Phi) is 7.27. The topological polar surface area (TPSA) is 62.8 Å². The van der Waals surface area contributed by atoms with Gasteiger partial charge in [-0.2, -0.15) is 13.2 Å². The van der Waals surface area contributed by atoms with Gasteiger partial charge < -0.3 is 25.0 Å². The molecule has 2 N–H and O–H groups in total. The van der Waals surface area contributed by atoms with E-state index >= 15 is 0 Å². The number of piperazine rings is 1. The predicted octanol–water partition coefficient (Wildman–Crippen LogP) is 3.51. The van der Waals surface area contributed by atoms with Crippen LogP contribution in [0, 0.1) is 0 Å². The predicted molar refractivity (Wildman–Crippen MR) is 114 cm³/mol. The van der Waals surface area contributed by atoms with E-state index in [0.717, 1.165) is 37.4 Å². The van der Waals surface area contributed by atoms with Crippen molar-refractivity contribution < 1.29 is 27.4 Å². The highest BCUT2D eigenvalue weighted by molar-refractivity contribution is 6.05. The molecule has 1 aliphatic heterocycles. The van der Waals surface area contributed by atoms with E-state index in [1.807, 2.05) is 12.1 Å². The third-order valence-electron chi connectivity index (χ3n) is 5.13. The van der Waals surface area contributed by atoms with Crippen molar-refractivity contribution in [2.24, 2.45) is 0 Å². The summed E-state index contributed by atoms with van der Waals surface area (Å²) in [6.45, 7) is 3.41. The molecule has 0 amide bonds. The maximum absolute atomic E-state index is 13.1. The van der Waals surface area contributed by atoms with Crippen LogP contribution in [0.4, 0.5) is 24.5 Å².